The molecule has 0 atom stereocenters. The number of aliphatic imine (C=N–C) groups is 1. The minimum atomic E-state index is 0.103. The number of nitrogens with zero attached hydrogens (tertiary/aromatic N) is 2. The summed E-state index contributed by atoms with van der Waals surface area (Å²) in [6, 6.07) is 16.6. The van der Waals surface area contributed by atoms with Crippen molar-refractivity contribution in [2.24, 2.45) is 4.99 Å². The molecule has 2 aromatic carbocycles. The molecular weight excluding hydrogens is 336 g/mol. The Morgan fingerprint density at radius 1 is 1.07 bits per heavy atom. The Labute approximate surface area is 161 Å². The lowest BCUT2D eigenvalue weighted by molar-refractivity contribution is -0.130. The molecule has 1 aliphatic rings. The summed E-state index contributed by atoms with van der Waals surface area (Å²) in [5, 5.41) is 6.39. The lowest BCUT2D eigenvalue weighted by atomic mass is 10.00. The Kier molecular flexibility index (Phi) is 6.47. The number of aryl methyl sites for hydroxylation is 1. The third-order valence-corrected chi connectivity index (χ3v) is 4.90. The van der Waals surface area contributed by atoms with Crippen LogP contribution < -0.4 is 10.6 Å². The number of carbonyl (C=O) groups excluding carboxylic acids is 1. The van der Waals surface area contributed by atoms with E-state index in [0.29, 0.717) is 19.0 Å². The Bertz CT molecular complexity index is 815. The van der Waals surface area contributed by atoms with E-state index in [4.69, 9.17) is 0 Å². The smallest absolute Gasteiger partial charge is 0.242 e. The second-order valence-corrected chi connectivity index (χ2v) is 6.81. The van der Waals surface area contributed by atoms with Gasteiger partial charge < -0.3 is 15.5 Å². The molecule has 0 saturated carbocycles. The molecule has 0 aromatic heterocycles. The fourth-order valence-corrected chi connectivity index (χ4v) is 3.27. The van der Waals surface area contributed by atoms with E-state index in [1.165, 1.54) is 22.3 Å². The Balaban J connectivity index is 1.57. The van der Waals surface area contributed by atoms with Gasteiger partial charge >= 0.3 is 0 Å². The molecule has 27 heavy (non-hydrogen) atoms. The van der Waals surface area contributed by atoms with E-state index in [9.17, 15) is 4.79 Å². The topological polar surface area (TPSA) is 56.7 Å². The maximum atomic E-state index is 12.6. The van der Waals surface area contributed by atoms with Crippen molar-refractivity contribution in [3.05, 3.63) is 70.8 Å². The molecule has 142 valence electrons. The van der Waals surface area contributed by atoms with Gasteiger partial charge in [0.1, 0.15) is 0 Å². The van der Waals surface area contributed by atoms with E-state index >= 15 is 0 Å². The van der Waals surface area contributed by atoms with Gasteiger partial charge in [-0.2, -0.15) is 0 Å². The van der Waals surface area contributed by atoms with Crippen LogP contribution in [0.15, 0.2) is 53.5 Å². The van der Waals surface area contributed by atoms with Crippen molar-refractivity contribution in [3.8, 4) is 0 Å². The molecule has 0 spiro atoms. The van der Waals surface area contributed by atoms with E-state index in [1.54, 1.807) is 0 Å². The molecule has 0 unspecified atom stereocenters. The van der Waals surface area contributed by atoms with Crippen LogP contribution in [0.1, 0.15) is 29.2 Å². The van der Waals surface area contributed by atoms with Gasteiger partial charge in [-0.3, -0.25) is 4.79 Å². The minimum absolute atomic E-state index is 0.103. The number of hydrogen-bond donors (Lipinski definition) is 2. The molecule has 0 saturated heterocycles. The van der Waals surface area contributed by atoms with Gasteiger partial charge in [-0.25, -0.2) is 4.99 Å². The largest absolute Gasteiger partial charge is 0.357 e. The maximum absolute atomic E-state index is 12.6. The molecule has 1 heterocycles. The highest BCUT2D eigenvalue weighted by molar-refractivity contribution is 5.86. The first-order chi connectivity index (χ1) is 13.2. The molecule has 0 aliphatic carbocycles. The first kappa shape index (κ1) is 19.0. The lowest BCUT2D eigenvalue weighted by Gasteiger charge is -2.29. The summed E-state index contributed by atoms with van der Waals surface area (Å²) in [6.45, 7) is 7.17. The number of hydrogen-bond acceptors (Lipinski definition) is 2. The highest BCUT2D eigenvalue weighted by Gasteiger charge is 2.20. The molecule has 1 amide bonds. The SMILES string of the molecule is CCNC(=NCc1ccccc1C)NCC(=O)N1CCc2ccccc2C1. The highest BCUT2D eigenvalue weighted by atomic mass is 16.2. The number of fused-ring (bicyclic) bond motifs is 1. The average Bonchev–Trinajstić information content (AvgIpc) is 2.70. The lowest BCUT2D eigenvalue weighted by Crippen LogP contribution is -2.45. The number of benzene rings is 2. The molecule has 0 fully saturated rings. The minimum Gasteiger partial charge on any atom is -0.357 e. The maximum Gasteiger partial charge on any atom is 0.242 e. The van der Waals surface area contributed by atoms with Gasteiger partial charge in [0, 0.05) is 19.6 Å². The number of amides is 1. The van der Waals surface area contributed by atoms with E-state index in [1.807, 2.05) is 30.0 Å². The van der Waals surface area contributed by atoms with Gasteiger partial charge in [0.2, 0.25) is 5.91 Å². The number of nitrogens with one attached hydrogen (secondary N) is 2. The summed E-state index contributed by atoms with van der Waals surface area (Å²) in [6.07, 6.45) is 0.920. The quantitative estimate of drug-likeness (QED) is 0.633. The van der Waals surface area contributed by atoms with E-state index in [-0.39, 0.29) is 12.5 Å². The van der Waals surface area contributed by atoms with E-state index < -0.39 is 0 Å². The molecular formula is C22H28N4O. The van der Waals surface area contributed by atoms with Crippen molar-refractivity contribution in [1.29, 1.82) is 0 Å². The second kappa shape index (κ2) is 9.21. The second-order valence-electron chi connectivity index (χ2n) is 6.81. The van der Waals surface area contributed by atoms with Crippen LogP contribution in [0.5, 0.6) is 0 Å². The van der Waals surface area contributed by atoms with Gasteiger partial charge in [-0.1, -0.05) is 48.5 Å². The summed E-state index contributed by atoms with van der Waals surface area (Å²) < 4.78 is 0. The molecule has 0 bridgehead atoms. The van der Waals surface area contributed by atoms with Crippen LogP contribution in [-0.2, 0) is 24.3 Å². The van der Waals surface area contributed by atoms with Crippen LogP contribution in [0.25, 0.3) is 0 Å². The van der Waals surface area contributed by atoms with Gasteiger partial charge in [0.15, 0.2) is 5.96 Å². The van der Waals surface area contributed by atoms with Crippen LogP contribution in [0.2, 0.25) is 0 Å². The monoisotopic (exact) mass is 364 g/mol. The summed E-state index contributed by atoms with van der Waals surface area (Å²) in [4.78, 5) is 19.2. The summed E-state index contributed by atoms with van der Waals surface area (Å²) in [7, 11) is 0. The predicted molar refractivity (Wildman–Crippen MR) is 110 cm³/mol. The number of rotatable bonds is 5. The Morgan fingerprint density at radius 3 is 2.59 bits per heavy atom. The van der Waals surface area contributed by atoms with Crippen molar-refractivity contribution in [3.63, 3.8) is 0 Å². The van der Waals surface area contributed by atoms with E-state index in [0.717, 1.165) is 19.5 Å². The molecule has 2 N–H and O–H groups in total. The van der Waals surface area contributed by atoms with Crippen molar-refractivity contribution in [2.75, 3.05) is 19.6 Å². The highest BCUT2D eigenvalue weighted by Crippen LogP contribution is 2.18. The van der Waals surface area contributed by atoms with Crippen LogP contribution in [0.4, 0.5) is 0 Å². The average molecular weight is 364 g/mol. The Morgan fingerprint density at radius 2 is 1.81 bits per heavy atom. The van der Waals surface area contributed by atoms with Gasteiger partial charge in [-0.05, 0) is 42.5 Å². The van der Waals surface area contributed by atoms with Crippen molar-refractivity contribution >= 4 is 11.9 Å². The van der Waals surface area contributed by atoms with Crippen LogP contribution in [0.3, 0.4) is 0 Å². The number of carbonyl (C=O) groups is 1. The molecule has 0 radical (unpaired) electrons. The van der Waals surface area contributed by atoms with Crippen molar-refractivity contribution < 1.29 is 4.79 Å². The summed E-state index contributed by atoms with van der Waals surface area (Å²) in [5.41, 5.74) is 5.01. The van der Waals surface area contributed by atoms with Gasteiger partial charge in [0.25, 0.3) is 0 Å². The zero-order valence-electron chi connectivity index (χ0n) is 16.2. The fourth-order valence-electron chi connectivity index (χ4n) is 3.27. The summed E-state index contributed by atoms with van der Waals surface area (Å²) >= 11 is 0. The van der Waals surface area contributed by atoms with Crippen LogP contribution in [-0.4, -0.2) is 36.4 Å². The normalized spacial score (nSPS) is 13.9. The van der Waals surface area contributed by atoms with Gasteiger partial charge in [0.05, 0.1) is 13.1 Å². The summed E-state index contributed by atoms with van der Waals surface area (Å²) in [5.74, 6) is 0.775. The van der Waals surface area contributed by atoms with Gasteiger partial charge in [-0.15, -0.1) is 0 Å². The zero-order chi connectivity index (χ0) is 19.1. The van der Waals surface area contributed by atoms with Crippen LogP contribution >= 0.6 is 0 Å². The van der Waals surface area contributed by atoms with Crippen molar-refractivity contribution in [1.82, 2.24) is 15.5 Å². The van der Waals surface area contributed by atoms with E-state index in [2.05, 4.69) is 52.9 Å². The predicted octanol–water partition coefficient (Wildman–Crippen LogP) is 2.64. The third-order valence-electron chi connectivity index (χ3n) is 4.90. The first-order valence-electron chi connectivity index (χ1n) is 9.58. The fraction of sp³-hybridized carbons (Fsp3) is 0.364. The third kappa shape index (κ3) is 5.09. The zero-order valence-corrected chi connectivity index (χ0v) is 16.2. The van der Waals surface area contributed by atoms with Crippen LogP contribution in [0, 0.1) is 6.92 Å². The molecule has 5 heteroatoms. The molecule has 1 aliphatic heterocycles. The molecule has 2 aromatic rings. The standard InChI is InChI=1S/C22H28N4O/c1-3-23-22(24-14-19-10-5-4-8-17(19)2)25-15-21(27)26-13-12-18-9-6-7-11-20(18)16-26/h4-11H,3,12-16H2,1-2H3,(H2,23,24,25). The number of guanidine groups is 1. The molecule has 5 nitrogen and oxygen atoms in total. The van der Waals surface area contributed by atoms with Crippen molar-refractivity contribution in [2.45, 2.75) is 33.4 Å². The Hall–Kier alpha value is -2.82. The first-order valence-corrected chi connectivity index (χ1v) is 9.58. The molecule has 3 rings (SSSR count).